The second-order valence-electron chi connectivity index (χ2n) is 5.23. The van der Waals surface area contributed by atoms with Crippen LogP contribution in [-0.2, 0) is 6.61 Å². The SMILES string of the molecule is NC(=S)N/N=C/c1cccc(OCc2cccc3ccccc23)c1. The molecule has 0 bridgehead atoms. The summed E-state index contributed by atoms with van der Waals surface area (Å²) in [5.74, 6) is 0.780. The molecule has 0 aromatic heterocycles. The molecule has 3 aromatic rings. The standard InChI is InChI=1S/C19H17N3OS/c20-19(24)22-21-12-14-5-3-9-17(11-14)23-13-16-8-4-7-15-6-1-2-10-18(15)16/h1-12H,13H2,(H3,20,22,24)/b21-12+. The lowest BCUT2D eigenvalue weighted by Crippen LogP contribution is -2.23. The summed E-state index contributed by atoms with van der Waals surface area (Å²) in [6, 6.07) is 22.2. The zero-order valence-electron chi connectivity index (χ0n) is 13.0. The van der Waals surface area contributed by atoms with Crippen LogP contribution in [0.15, 0.2) is 71.8 Å². The number of benzene rings is 3. The van der Waals surface area contributed by atoms with Gasteiger partial charge >= 0.3 is 0 Å². The molecule has 0 unspecified atom stereocenters. The average molecular weight is 335 g/mol. The number of ether oxygens (including phenoxy) is 1. The molecule has 0 fully saturated rings. The number of nitrogens with two attached hydrogens (primary N) is 1. The number of thiocarbonyl (C=S) groups is 1. The van der Waals surface area contributed by atoms with Crippen molar-refractivity contribution in [3.8, 4) is 5.75 Å². The van der Waals surface area contributed by atoms with E-state index in [1.807, 2.05) is 42.5 Å². The summed E-state index contributed by atoms with van der Waals surface area (Å²) in [5, 5.41) is 6.50. The van der Waals surface area contributed by atoms with Gasteiger partial charge in [0.2, 0.25) is 0 Å². The van der Waals surface area contributed by atoms with Gasteiger partial charge in [-0.15, -0.1) is 0 Å². The molecule has 0 saturated carbocycles. The number of hydrogen-bond donors (Lipinski definition) is 2. The quantitative estimate of drug-likeness (QED) is 0.425. The molecule has 4 nitrogen and oxygen atoms in total. The van der Waals surface area contributed by atoms with Crippen LogP contribution in [0, 0.1) is 0 Å². The van der Waals surface area contributed by atoms with Crippen LogP contribution in [0.2, 0.25) is 0 Å². The maximum atomic E-state index is 5.94. The second-order valence-corrected chi connectivity index (χ2v) is 5.67. The summed E-state index contributed by atoms with van der Waals surface area (Å²) in [6.07, 6.45) is 1.64. The maximum absolute atomic E-state index is 5.94. The van der Waals surface area contributed by atoms with Crippen LogP contribution in [0.1, 0.15) is 11.1 Å². The van der Waals surface area contributed by atoms with E-state index in [-0.39, 0.29) is 5.11 Å². The van der Waals surface area contributed by atoms with E-state index in [4.69, 9.17) is 22.7 Å². The van der Waals surface area contributed by atoms with Gasteiger partial charge in [0.15, 0.2) is 5.11 Å². The molecule has 0 amide bonds. The fourth-order valence-electron chi connectivity index (χ4n) is 2.43. The maximum Gasteiger partial charge on any atom is 0.184 e. The Morgan fingerprint density at radius 1 is 1.08 bits per heavy atom. The van der Waals surface area contributed by atoms with Gasteiger partial charge in [-0.1, -0.05) is 54.6 Å². The van der Waals surface area contributed by atoms with Gasteiger partial charge in [0, 0.05) is 0 Å². The molecule has 0 atom stereocenters. The Morgan fingerprint density at radius 2 is 1.88 bits per heavy atom. The van der Waals surface area contributed by atoms with Crippen molar-refractivity contribution in [2.45, 2.75) is 6.61 Å². The van der Waals surface area contributed by atoms with Crippen LogP contribution < -0.4 is 15.9 Å². The molecule has 3 N–H and O–H groups in total. The molecule has 120 valence electrons. The highest BCUT2D eigenvalue weighted by Gasteiger charge is 2.02. The van der Waals surface area contributed by atoms with Crippen molar-refractivity contribution >= 4 is 34.3 Å². The molecule has 3 aromatic carbocycles. The van der Waals surface area contributed by atoms with Crippen LogP contribution in [0.4, 0.5) is 0 Å². The minimum atomic E-state index is 0.134. The number of rotatable bonds is 5. The van der Waals surface area contributed by atoms with Gasteiger partial charge in [0.25, 0.3) is 0 Å². The molecule has 0 heterocycles. The van der Waals surface area contributed by atoms with Gasteiger partial charge in [-0.25, -0.2) is 0 Å². The topological polar surface area (TPSA) is 59.6 Å². The molecule has 0 aliphatic carbocycles. The van der Waals surface area contributed by atoms with Crippen LogP contribution >= 0.6 is 12.2 Å². The predicted octanol–water partition coefficient (Wildman–Crippen LogP) is 3.59. The Kier molecular flexibility index (Phi) is 5.03. The molecule has 0 aliphatic heterocycles. The highest BCUT2D eigenvalue weighted by Crippen LogP contribution is 2.21. The van der Waals surface area contributed by atoms with E-state index in [0.717, 1.165) is 16.9 Å². The number of nitrogens with zero attached hydrogens (tertiary/aromatic N) is 1. The van der Waals surface area contributed by atoms with Crippen LogP contribution in [0.5, 0.6) is 5.75 Å². The Balaban J connectivity index is 1.72. The third-order valence-electron chi connectivity index (χ3n) is 3.52. The van der Waals surface area contributed by atoms with Crippen molar-refractivity contribution in [1.29, 1.82) is 0 Å². The van der Waals surface area contributed by atoms with Crippen LogP contribution in [-0.4, -0.2) is 11.3 Å². The summed E-state index contributed by atoms with van der Waals surface area (Å²) < 4.78 is 5.94. The third-order valence-corrected chi connectivity index (χ3v) is 3.61. The Hall–Kier alpha value is -2.92. The molecule has 5 heteroatoms. The van der Waals surface area contributed by atoms with Gasteiger partial charge < -0.3 is 10.5 Å². The summed E-state index contributed by atoms with van der Waals surface area (Å²) in [4.78, 5) is 0. The van der Waals surface area contributed by atoms with Crippen molar-refractivity contribution in [3.63, 3.8) is 0 Å². The minimum Gasteiger partial charge on any atom is -0.489 e. The van der Waals surface area contributed by atoms with E-state index in [1.54, 1.807) is 6.21 Å². The Labute approximate surface area is 145 Å². The van der Waals surface area contributed by atoms with E-state index in [2.05, 4.69) is 34.8 Å². The Bertz CT molecular complexity index is 887. The van der Waals surface area contributed by atoms with Crippen molar-refractivity contribution < 1.29 is 4.74 Å². The summed E-state index contributed by atoms with van der Waals surface area (Å²) in [7, 11) is 0. The zero-order chi connectivity index (χ0) is 16.8. The molecule has 0 aliphatic rings. The predicted molar refractivity (Wildman–Crippen MR) is 102 cm³/mol. The van der Waals surface area contributed by atoms with E-state index in [1.165, 1.54) is 10.8 Å². The van der Waals surface area contributed by atoms with E-state index < -0.39 is 0 Å². The fourth-order valence-corrected chi connectivity index (χ4v) is 2.49. The smallest absolute Gasteiger partial charge is 0.184 e. The van der Waals surface area contributed by atoms with E-state index in [9.17, 15) is 0 Å². The van der Waals surface area contributed by atoms with Crippen molar-refractivity contribution in [2.75, 3.05) is 0 Å². The highest BCUT2D eigenvalue weighted by molar-refractivity contribution is 7.80. The second kappa shape index (κ2) is 7.57. The summed E-state index contributed by atoms with van der Waals surface area (Å²) >= 11 is 4.70. The first-order valence-corrected chi connectivity index (χ1v) is 7.91. The molecular formula is C19H17N3OS. The average Bonchev–Trinajstić information content (AvgIpc) is 2.60. The number of fused-ring (bicyclic) bond motifs is 1. The van der Waals surface area contributed by atoms with Crippen LogP contribution in [0.3, 0.4) is 0 Å². The monoisotopic (exact) mass is 335 g/mol. The zero-order valence-corrected chi connectivity index (χ0v) is 13.8. The van der Waals surface area contributed by atoms with E-state index in [0.29, 0.717) is 6.61 Å². The first-order chi connectivity index (χ1) is 11.7. The molecule has 0 spiro atoms. The number of hydrazone groups is 1. The van der Waals surface area contributed by atoms with Crippen molar-refractivity contribution in [2.24, 2.45) is 10.8 Å². The van der Waals surface area contributed by atoms with Crippen molar-refractivity contribution in [3.05, 3.63) is 77.9 Å². The van der Waals surface area contributed by atoms with Gasteiger partial charge in [0.05, 0.1) is 6.21 Å². The molecule has 24 heavy (non-hydrogen) atoms. The third kappa shape index (κ3) is 4.08. The largest absolute Gasteiger partial charge is 0.489 e. The lowest BCUT2D eigenvalue weighted by atomic mass is 10.1. The van der Waals surface area contributed by atoms with Gasteiger partial charge in [-0.05, 0) is 46.2 Å². The highest BCUT2D eigenvalue weighted by atomic mass is 32.1. The lowest BCUT2D eigenvalue weighted by Gasteiger charge is -2.09. The minimum absolute atomic E-state index is 0.134. The molecule has 3 rings (SSSR count). The van der Waals surface area contributed by atoms with Gasteiger partial charge in [-0.3, -0.25) is 5.43 Å². The van der Waals surface area contributed by atoms with Crippen molar-refractivity contribution in [1.82, 2.24) is 5.43 Å². The first kappa shape index (κ1) is 16.0. The molecule has 0 radical (unpaired) electrons. The van der Waals surface area contributed by atoms with Gasteiger partial charge in [0.1, 0.15) is 12.4 Å². The number of hydrogen-bond acceptors (Lipinski definition) is 3. The Morgan fingerprint density at radius 3 is 2.75 bits per heavy atom. The fraction of sp³-hybridized carbons (Fsp3) is 0.0526. The van der Waals surface area contributed by atoms with Crippen LogP contribution in [0.25, 0.3) is 10.8 Å². The first-order valence-electron chi connectivity index (χ1n) is 7.50. The lowest BCUT2D eigenvalue weighted by molar-refractivity contribution is 0.307. The molecular weight excluding hydrogens is 318 g/mol. The number of nitrogens with one attached hydrogen (secondary N) is 1. The summed E-state index contributed by atoms with van der Waals surface area (Å²) in [6.45, 7) is 0.507. The van der Waals surface area contributed by atoms with Gasteiger partial charge in [-0.2, -0.15) is 5.10 Å². The van der Waals surface area contributed by atoms with E-state index >= 15 is 0 Å². The molecule has 0 saturated heterocycles. The summed E-state index contributed by atoms with van der Waals surface area (Å²) in [5.41, 5.74) is 9.91. The normalized spacial score (nSPS) is 10.8.